The average molecular weight is 489 g/mol. The topological polar surface area (TPSA) is 112 Å². The first-order chi connectivity index (χ1) is 17.5. The highest BCUT2D eigenvalue weighted by molar-refractivity contribution is 6.04. The fourth-order valence-electron chi connectivity index (χ4n) is 4.22. The number of amides is 1. The summed E-state index contributed by atoms with van der Waals surface area (Å²) in [6, 6.07) is 9.78. The first-order valence-corrected chi connectivity index (χ1v) is 12.5. The van der Waals surface area contributed by atoms with Crippen LogP contribution in [0.1, 0.15) is 47.4 Å². The number of aromatic nitrogens is 3. The largest absolute Gasteiger partial charge is 0.394 e. The standard InChI is InChI=1S/C27H32N6O3/c1-17-3-6-22(31-27(35)21-14-28-26(29-15-21)19-4-5-19)13-23(17)20-11-24(30-18(2)16-34)32-25(12-20)33-7-9-36-10-8-33/h3,6,11-15,18-19,34H,4-5,7-10,16H2,1-2H3,(H,30,32)(H,31,35)/t18-/m1/s1. The van der Waals surface area contributed by atoms with Crippen molar-refractivity contribution in [1.29, 1.82) is 0 Å². The molecule has 1 saturated heterocycles. The summed E-state index contributed by atoms with van der Waals surface area (Å²) < 4.78 is 5.51. The van der Waals surface area contributed by atoms with E-state index in [1.165, 1.54) is 0 Å². The molecule has 0 spiro atoms. The summed E-state index contributed by atoms with van der Waals surface area (Å²) in [4.78, 5) is 28.6. The third-order valence-corrected chi connectivity index (χ3v) is 6.50. The number of hydrogen-bond acceptors (Lipinski definition) is 8. The number of morpholine rings is 1. The molecule has 2 aliphatic rings. The minimum Gasteiger partial charge on any atom is -0.394 e. The molecule has 0 radical (unpaired) electrons. The monoisotopic (exact) mass is 488 g/mol. The van der Waals surface area contributed by atoms with Crippen LogP contribution in [0.5, 0.6) is 0 Å². The molecule has 1 aromatic carbocycles. The van der Waals surface area contributed by atoms with Crippen LogP contribution in [0.4, 0.5) is 17.3 Å². The summed E-state index contributed by atoms with van der Waals surface area (Å²) in [7, 11) is 0. The molecule has 9 nitrogen and oxygen atoms in total. The quantitative estimate of drug-likeness (QED) is 0.441. The molecule has 1 amide bonds. The number of pyridine rings is 1. The zero-order chi connectivity index (χ0) is 25.1. The van der Waals surface area contributed by atoms with E-state index in [4.69, 9.17) is 9.72 Å². The maximum absolute atomic E-state index is 12.9. The number of aliphatic hydroxyl groups is 1. The average Bonchev–Trinajstić information content (AvgIpc) is 3.76. The van der Waals surface area contributed by atoms with Gasteiger partial charge in [0.2, 0.25) is 0 Å². The third kappa shape index (κ3) is 5.63. The Morgan fingerprint density at radius 3 is 2.61 bits per heavy atom. The predicted molar refractivity (Wildman–Crippen MR) is 140 cm³/mol. The molecule has 5 rings (SSSR count). The summed E-state index contributed by atoms with van der Waals surface area (Å²) >= 11 is 0. The van der Waals surface area contributed by atoms with Gasteiger partial charge >= 0.3 is 0 Å². The Kier molecular flexibility index (Phi) is 7.11. The van der Waals surface area contributed by atoms with Crippen molar-refractivity contribution in [3.8, 4) is 11.1 Å². The number of hydrogen-bond donors (Lipinski definition) is 3. The summed E-state index contributed by atoms with van der Waals surface area (Å²) in [6.07, 6.45) is 5.44. The Morgan fingerprint density at radius 1 is 1.17 bits per heavy atom. The van der Waals surface area contributed by atoms with Gasteiger partial charge in [0.1, 0.15) is 17.5 Å². The van der Waals surface area contributed by atoms with E-state index in [-0.39, 0.29) is 18.6 Å². The molecule has 1 aliphatic carbocycles. The van der Waals surface area contributed by atoms with Crippen molar-refractivity contribution in [3.05, 3.63) is 59.7 Å². The zero-order valence-corrected chi connectivity index (χ0v) is 20.7. The van der Waals surface area contributed by atoms with Gasteiger partial charge in [0.05, 0.1) is 25.4 Å². The number of aliphatic hydroxyl groups excluding tert-OH is 1. The fourth-order valence-corrected chi connectivity index (χ4v) is 4.22. The lowest BCUT2D eigenvalue weighted by atomic mass is 10.00. The maximum Gasteiger partial charge on any atom is 0.258 e. The van der Waals surface area contributed by atoms with Crippen LogP contribution in [0.2, 0.25) is 0 Å². The van der Waals surface area contributed by atoms with Gasteiger partial charge < -0.3 is 25.4 Å². The minimum absolute atomic E-state index is 0.00465. The molecule has 36 heavy (non-hydrogen) atoms. The minimum atomic E-state index is -0.241. The van der Waals surface area contributed by atoms with E-state index in [2.05, 4.69) is 31.6 Å². The van der Waals surface area contributed by atoms with Crippen molar-refractivity contribution in [2.24, 2.45) is 0 Å². The van der Waals surface area contributed by atoms with Crippen LogP contribution in [-0.4, -0.2) is 64.9 Å². The summed E-state index contributed by atoms with van der Waals surface area (Å²) in [5.41, 5.74) is 4.17. The highest BCUT2D eigenvalue weighted by Gasteiger charge is 2.26. The highest BCUT2D eigenvalue weighted by Crippen LogP contribution is 2.37. The molecule has 3 heterocycles. The third-order valence-electron chi connectivity index (χ3n) is 6.50. The number of anilines is 3. The number of benzene rings is 1. The van der Waals surface area contributed by atoms with E-state index in [1.807, 2.05) is 38.1 Å². The van der Waals surface area contributed by atoms with E-state index >= 15 is 0 Å². The summed E-state index contributed by atoms with van der Waals surface area (Å²) in [5, 5.41) is 15.8. The number of carbonyl (C=O) groups excluding carboxylic acids is 1. The van der Waals surface area contributed by atoms with Crippen molar-refractivity contribution < 1.29 is 14.6 Å². The van der Waals surface area contributed by atoms with Gasteiger partial charge in [-0.1, -0.05) is 6.07 Å². The van der Waals surface area contributed by atoms with E-state index in [9.17, 15) is 9.90 Å². The molecule has 3 aromatic rings. The van der Waals surface area contributed by atoms with Crippen LogP contribution in [0.25, 0.3) is 11.1 Å². The highest BCUT2D eigenvalue weighted by atomic mass is 16.5. The van der Waals surface area contributed by atoms with Gasteiger partial charge in [-0.2, -0.15) is 0 Å². The molecular formula is C27H32N6O3. The van der Waals surface area contributed by atoms with E-state index in [0.29, 0.717) is 36.2 Å². The number of aryl methyl sites for hydroxylation is 1. The SMILES string of the molecule is Cc1ccc(NC(=O)c2cnc(C3CC3)nc2)cc1-c1cc(N[C@H](C)CO)nc(N2CCOCC2)c1. The van der Waals surface area contributed by atoms with E-state index < -0.39 is 0 Å². The van der Waals surface area contributed by atoms with E-state index in [0.717, 1.165) is 54.3 Å². The molecule has 188 valence electrons. The summed E-state index contributed by atoms with van der Waals surface area (Å²) in [5.74, 6) is 2.57. The fraction of sp³-hybridized carbons (Fsp3) is 0.407. The number of nitrogens with zero attached hydrogens (tertiary/aromatic N) is 4. The molecule has 2 fully saturated rings. The second-order valence-corrected chi connectivity index (χ2v) is 9.51. The van der Waals surface area contributed by atoms with Gasteiger partial charge in [0.25, 0.3) is 5.91 Å². The van der Waals surface area contributed by atoms with Crippen molar-refractivity contribution in [3.63, 3.8) is 0 Å². The lowest BCUT2D eigenvalue weighted by Gasteiger charge is -2.29. The van der Waals surface area contributed by atoms with E-state index in [1.54, 1.807) is 12.4 Å². The van der Waals surface area contributed by atoms with Gasteiger partial charge in [-0.25, -0.2) is 15.0 Å². The second kappa shape index (κ2) is 10.6. The van der Waals surface area contributed by atoms with Gasteiger partial charge in [0, 0.05) is 43.1 Å². The number of nitrogens with one attached hydrogen (secondary N) is 2. The molecule has 1 atom stereocenters. The first kappa shape index (κ1) is 24.1. The Morgan fingerprint density at radius 2 is 1.92 bits per heavy atom. The van der Waals surface area contributed by atoms with Crippen LogP contribution in [0, 0.1) is 6.92 Å². The van der Waals surface area contributed by atoms with Crippen LogP contribution < -0.4 is 15.5 Å². The van der Waals surface area contributed by atoms with Crippen molar-refractivity contribution in [2.75, 3.05) is 48.4 Å². The molecule has 1 aliphatic heterocycles. The smallest absolute Gasteiger partial charge is 0.258 e. The Labute approximate surface area is 211 Å². The molecular weight excluding hydrogens is 456 g/mol. The molecule has 0 unspecified atom stereocenters. The number of carbonyl (C=O) groups is 1. The zero-order valence-electron chi connectivity index (χ0n) is 20.7. The predicted octanol–water partition coefficient (Wildman–Crippen LogP) is 3.61. The van der Waals surface area contributed by atoms with Crippen molar-refractivity contribution in [2.45, 2.75) is 38.6 Å². The normalized spacial score (nSPS) is 16.5. The lowest BCUT2D eigenvalue weighted by Crippen LogP contribution is -2.37. The summed E-state index contributed by atoms with van der Waals surface area (Å²) in [6.45, 7) is 6.81. The molecule has 1 saturated carbocycles. The van der Waals surface area contributed by atoms with Gasteiger partial charge in [0.15, 0.2) is 0 Å². The van der Waals surface area contributed by atoms with Crippen LogP contribution in [0.3, 0.4) is 0 Å². The Bertz CT molecular complexity index is 1220. The van der Waals surface area contributed by atoms with Crippen LogP contribution in [0.15, 0.2) is 42.7 Å². The number of ether oxygens (including phenoxy) is 1. The van der Waals surface area contributed by atoms with Crippen LogP contribution in [-0.2, 0) is 4.74 Å². The molecule has 2 aromatic heterocycles. The molecule has 0 bridgehead atoms. The van der Waals surface area contributed by atoms with Crippen molar-refractivity contribution in [1.82, 2.24) is 15.0 Å². The van der Waals surface area contributed by atoms with Crippen molar-refractivity contribution >= 4 is 23.2 Å². The molecule has 9 heteroatoms. The first-order valence-electron chi connectivity index (χ1n) is 12.5. The van der Waals surface area contributed by atoms with Gasteiger partial charge in [-0.3, -0.25) is 4.79 Å². The second-order valence-electron chi connectivity index (χ2n) is 9.51. The number of rotatable bonds is 8. The lowest BCUT2D eigenvalue weighted by molar-refractivity contribution is 0.102. The van der Waals surface area contributed by atoms with Crippen LogP contribution >= 0.6 is 0 Å². The van der Waals surface area contributed by atoms with Gasteiger partial charge in [-0.15, -0.1) is 0 Å². The van der Waals surface area contributed by atoms with Gasteiger partial charge in [-0.05, 0) is 67.6 Å². The Hall–Kier alpha value is -3.56. The Balaban J connectivity index is 1.42. The maximum atomic E-state index is 12.9. The molecule has 3 N–H and O–H groups in total.